The van der Waals surface area contributed by atoms with Crippen LogP contribution < -0.4 is 5.32 Å². The number of hydrogen-bond donors (Lipinski definition) is 2. The molecule has 17 heavy (non-hydrogen) atoms. The molecule has 1 aliphatic rings. The standard InChI is InChI=1S/C12H22N2O3/c1-2-13-9-11(15)14-7-5-10(6-8-14)3-4-12(16)17/h10,13H,2-9H2,1H3,(H,16,17). The number of nitrogens with zero attached hydrogens (tertiary/aromatic N) is 1. The highest BCUT2D eigenvalue weighted by Crippen LogP contribution is 2.21. The average molecular weight is 242 g/mol. The van der Waals surface area contributed by atoms with Gasteiger partial charge in [-0.25, -0.2) is 0 Å². The Morgan fingerprint density at radius 3 is 2.53 bits per heavy atom. The van der Waals surface area contributed by atoms with E-state index < -0.39 is 5.97 Å². The molecule has 1 aliphatic heterocycles. The van der Waals surface area contributed by atoms with Gasteiger partial charge in [0.05, 0.1) is 6.54 Å². The molecule has 1 heterocycles. The Kier molecular flexibility index (Phi) is 5.97. The number of aliphatic carboxylic acids is 1. The van der Waals surface area contributed by atoms with E-state index in [0.717, 1.165) is 38.9 Å². The van der Waals surface area contributed by atoms with E-state index >= 15 is 0 Å². The maximum absolute atomic E-state index is 11.7. The van der Waals surface area contributed by atoms with Crippen LogP contribution in [0.5, 0.6) is 0 Å². The van der Waals surface area contributed by atoms with Crippen LogP contribution in [0, 0.1) is 5.92 Å². The number of likely N-dealkylation sites (N-methyl/N-ethyl adjacent to an activating group) is 1. The Morgan fingerprint density at radius 2 is 2.00 bits per heavy atom. The Labute approximate surface area is 102 Å². The minimum absolute atomic E-state index is 0.156. The van der Waals surface area contributed by atoms with Crippen molar-refractivity contribution in [2.24, 2.45) is 5.92 Å². The number of nitrogens with one attached hydrogen (secondary N) is 1. The maximum Gasteiger partial charge on any atom is 0.303 e. The van der Waals surface area contributed by atoms with Gasteiger partial charge in [0.25, 0.3) is 0 Å². The van der Waals surface area contributed by atoms with Crippen LogP contribution in [0.25, 0.3) is 0 Å². The molecule has 1 fully saturated rings. The molecule has 0 unspecified atom stereocenters. The Morgan fingerprint density at radius 1 is 1.35 bits per heavy atom. The number of carbonyl (C=O) groups excluding carboxylic acids is 1. The summed E-state index contributed by atoms with van der Waals surface area (Å²) in [5.74, 6) is -0.103. The van der Waals surface area contributed by atoms with E-state index in [9.17, 15) is 9.59 Å². The van der Waals surface area contributed by atoms with Crippen molar-refractivity contribution in [2.75, 3.05) is 26.2 Å². The molecule has 0 aromatic heterocycles. The van der Waals surface area contributed by atoms with Crippen molar-refractivity contribution >= 4 is 11.9 Å². The third-order valence-electron chi connectivity index (χ3n) is 3.26. The highest BCUT2D eigenvalue weighted by Gasteiger charge is 2.22. The van der Waals surface area contributed by atoms with Crippen LogP contribution in [0.3, 0.4) is 0 Å². The molecule has 0 aromatic carbocycles. The first kappa shape index (κ1) is 14.0. The summed E-state index contributed by atoms with van der Waals surface area (Å²) in [6.45, 7) is 4.74. The Hall–Kier alpha value is -1.10. The van der Waals surface area contributed by atoms with Crippen LogP contribution in [0.15, 0.2) is 0 Å². The number of carboxylic acid groups (broad SMARTS) is 1. The number of piperidine rings is 1. The van der Waals surface area contributed by atoms with Crippen molar-refractivity contribution in [3.63, 3.8) is 0 Å². The molecule has 0 bridgehead atoms. The first-order valence-electron chi connectivity index (χ1n) is 6.33. The number of carboxylic acids is 1. The molecule has 0 atom stereocenters. The third-order valence-corrected chi connectivity index (χ3v) is 3.26. The minimum atomic E-state index is -0.726. The van der Waals surface area contributed by atoms with Gasteiger partial charge in [-0.1, -0.05) is 6.92 Å². The van der Waals surface area contributed by atoms with E-state index in [2.05, 4.69) is 5.32 Å². The Balaban J connectivity index is 2.20. The second kappa shape index (κ2) is 7.27. The SMILES string of the molecule is CCNCC(=O)N1CCC(CCC(=O)O)CC1. The molecule has 1 rings (SSSR count). The van der Waals surface area contributed by atoms with Crippen LogP contribution in [0.2, 0.25) is 0 Å². The van der Waals surface area contributed by atoms with Crippen LogP contribution in [-0.4, -0.2) is 48.1 Å². The summed E-state index contributed by atoms with van der Waals surface area (Å²) < 4.78 is 0. The molecule has 98 valence electrons. The molecule has 2 N–H and O–H groups in total. The van der Waals surface area contributed by atoms with Crippen LogP contribution in [0.4, 0.5) is 0 Å². The topological polar surface area (TPSA) is 69.6 Å². The van der Waals surface area contributed by atoms with Gasteiger partial charge in [-0.15, -0.1) is 0 Å². The lowest BCUT2D eigenvalue weighted by atomic mass is 9.92. The number of carbonyl (C=O) groups is 2. The molecule has 0 aromatic rings. The van der Waals surface area contributed by atoms with Gasteiger partial charge in [-0.3, -0.25) is 9.59 Å². The number of amides is 1. The van der Waals surface area contributed by atoms with Gasteiger partial charge in [0.2, 0.25) is 5.91 Å². The molecule has 5 nitrogen and oxygen atoms in total. The van der Waals surface area contributed by atoms with Crippen LogP contribution in [0.1, 0.15) is 32.6 Å². The third kappa shape index (κ3) is 5.17. The van der Waals surface area contributed by atoms with E-state index in [-0.39, 0.29) is 12.3 Å². The first-order valence-corrected chi connectivity index (χ1v) is 6.33. The largest absolute Gasteiger partial charge is 0.481 e. The fraction of sp³-hybridized carbons (Fsp3) is 0.833. The van der Waals surface area contributed by atoms with Crippen molar-refractivity contribution in [3.05, 3.63) is 0 Å². The van der Waals surface area contributed by atoms with Crippen molar-refractivity contribution in [3.8, 4) is 0 Å². The zero-order chi connectivity index (χ0) is 12.7. The van der Waals surface area contributed by atoms with Gasteiger partial charge in [0.15, 0.2) is 0 Å². The number of likely N-dealkylation sites (tertiary alicyclic amines) is 1. The number of hydrogen-bond acceptors (Lipinski definition) is 3. The Bertz CT molecular complexity index is 260. The summed E-state index contributed by atoms with van der Waals surface area (Å²) in [5.41, 5.74) is 0. The maximum atomic E-state index is 11.7. The lowest BCUT2D eigenvalue weighted by molar-refractivity contribution is -0.138. The highest BCUT2D eigenvalue weighted by molar-refractivity contribution is 5.78. The van der Waals surface area contributed by atoms with E-state index in [1.165, 1.54) is 0 Å². The molecular formula is C12H22N2O3. The average Bonchev–Trinajstić information content (AvgIpc) is 2.34. The summed E-state index contributed by atoms with van der Waals surface area (Å²) in [5, 5.41) is 11.6. The van der Waals surface area contributed by atoms with Crippen LogP contribution in [-0.2, 0) is 9.59 Å². The molecule has 0 saturated carbocycles. The van der Waals surface area contributed by atoms with Gasteiger partial charge in [-0.2, -0.15) is 0 Å². The monoisotopic (exact) mass is 242 g/mol. The predicted octanol–water partition coefficient (Wildman–Crippen LogP) is 0.699. The van der Waals surface area contributed by atoms with Crippen molar-refractivity contribution in [2.45, 2.75) is 32.6 Å². The fourth-order valence-corrected chi connectivity index (χ4v) is 2.14. The summed E-state index contributed by atoms with van der Waals surface area (Å²) in [6.07, 6.45) is 2.86. The lowest BCUT2D eigenvalue weighted by Crippen LogP contribution is -2.42. The normalized spacial score (nSPS) is 17.1. The van der Waals surface area contributed by atoms with Gasteiger partial charge in [0.1, 0.15) is 0 Å². The summed E-state index contributed by atoms with van der Waals surface area (Å²) in [4.78, 5) is 24.0. The quantitative estimate of drug-likeness (QED) is 0.719. The van der Waals surface area contributed by atoms with E-state index in [1.54, 1.807) is 0 Å². The molecule has 1 saturated heterocycles. The van der Waals surface area contributed by atoms with E-state index in [4.69, 9.17) is 5.11 Å². The lowest BCUT2D eigenvalue weighted by Gasteiger charge is -2.32. The van der Waals surface area contributed by atoms with Crippen molar-refractivity contribution in [1.82, 2.24) is 10.2 Å². The molecule has 1 amide bonds. The summed E-state index contributed by atoms with van der Waals surface area (Å²) >= 11 is 0. The van der Waals surface area contributed by atoms with E-state index in [0.29, 0.717) is 12.5 Å². The molecule has 5 heteroatoms. The predicted molar refractivity (Wildman–Crippen MR) is 64.7 cm³/mol. The zero-order valence-electron chi connectivity index (χ0n) is 10.4. The molecule has 0 aliphatic carbocycles. The number of rotatable bonds is 6. The second-order valence-electron chi connectivity index (χ2n) is 4.54. The smallest absolute Gasteiger partial charge is 0.303 e. The van der Waals surface area contributed by atoms with Gasteiger partial charge in [0, 0.05) is 19.5 Å². The van der Waals surface area contributed by atoms with E-state index in [1.807, 2.05) is 11.8 Å². The second-order valence-corrected chi connectivity index (χ2v) is 4.54. The zero-order valence-corrected chi connectivity index (χ0v) is 10.4. The van der Waals surface area contributed by atoms with Crippen LogP contribution >= 0.6 is 0 Å². The van der Waals surface area contributed by atoms with Crippen molar-refractivity contribution in [1.29, 1.82) is 0 Å². The van der Waals surface area contributed by atoms with Gasteiger partial charge >= 0.3 is 5.97 Å². The molecule has 0 radical (unpaired) electrons. The summed E-state index contributed by atoms with van der Waals surface area (Å²) in [7, 11) is 0. The fourth-order valence-electron chi connectivity index (χ4n) is 2.14. The summed E-state index contributed by atoms with van der Waals surface area (Å²) in [6, 6.07) is 0. The van der Waals surface area contributed by atoms with Gasteiger partial charge in [-0.05, 0) is 31.7 Å². The highest BCUT2D eigenvalue weighted by atomic mass is 16.4. The molecular weight excluding hydrogens is 220 g/mol. The van der Waals surface area contributed by atoms with Crippen molar-refractivity contribution < 1.29 is 14.7 Å². The minimum Gasteiger partial charge on any atom is -0.481 e. The molecule has 0 spiro atoms. The van der Waals surface area contributed by atoms with Gasteiger partial charge < -0.3 is 15.3 Å². The first-order chi connectivity index (χ1) is 8.13.